The average molecular weight is 239 g/mol. The van der Waals surface area contributed by atoms with E-state index in [1.54, 1.807) is 0 Å². The highest BCUT2D eigenvalue weighted by Crippen LogP contribution is 2.00. The maximum atomic E-state index is 5.10. The summed E-state index contributed by atoms with van der Waals surface area (Å²) in [5, 5.41) is 7.14. The van der Waals surface area contributed by atoms with E-state index < -0.39 is 0 Å². The van der Waals surface area contributed by atoms with Crippen LogP contribution in [0.2, 0.25) is 0 Å². The normalized spacial score (nSPS) is 17.8. The van der Waals surface area contributed by atoms with E-state index in [-0.39, 0.29) is 0 Å². The standard InChI is InChI=1S/C11H21N5O/c1-10-13-11(17-14-10)9-15(2)7-8-16-5-3-12-4-6-16/h12H,3-9H2,1-2H3. The van der Waals surface area contributed by atoms with Crippen LogP contribution in [0, 0.1) is 6.92 Å². The zero-order valence-electron chi connectivity index (χ0n) is 10.6. The van der Waals surface area contributed by atoms with Crippen molar-refractivity contribution in [1.29, 1.82) is 0 Å². The summed E-state index contributed by atoms with van der Waals surface area (Å²) in [5.41, 5.74) is 0. The first-order valence-electron chi connectivity index (χ1n) is 6.15. The molecule has 2 rings (SSSR count). The van der Waals surface area contributed by atoms with E-state index in [2.05, 4.69) is 32.3 Å². The molecule has 2 heterocycles. The van der Waals surface area contributed by atoms with Crippen molar-refractivity contribution < 1.29 is 4.52 Å². The lowest BCUT2D eigenvalue weighted by atomic mass is 10.3. The summed E-state index contributed by atoms with van der Waals surface area (Å²) in [6, 6.07) is 0. The number of hydrogen-bond donors (Lipinski definition) is 1. The van der Waals surface area contributed by atoms with Gasteiger partial charge in [-0.15, -0.1) is 0 Å². The third-order valence-corrected chi connectivity index (χ3v) is 2.98. The molecule has 0 amide bonds. The molecule has 96 valence electrons. The van der Waals surface area contributed by atoms with Crippen LogP contribution in [0.1, 0.15) is 11.7 Å². The van der Waals surface area contributed by atoms with Gasteiger partial charge in [-0.25, -0.2) is 0 Å². The van der Waals surface area contributed by atoms with E-state index in [1.165, 1.54) is 0 Å². The summed E-state index contributed by atoms with van der Waals surface area (Å²) in [6.45, 7) is 9.20. The fraction of sp³-hybridized carbons (Fsp3) is 0.818. The lowest BCUT2D eigenvalue weighted by molar-refractivity contribution is 0.192. The first-order valence-corrected chi connectivity index (χ1v) is 6.15. The zero-order chi connectivity index (χ0) is 12.1. The predicted octanol–water partition coefficient (Wildman–Crippen LogP) is -0.285. The Labute approximate surface area is 102 Å². The van der Waals surface area contributed by atoms with Gasteiger partial charge in [0.2, 0.25) is 5.89 Å². The number of nitrogens with one attached hydrogen (secondary N) is 1. The second kappa shape index (κ2) is 6.09. The number of likely N-dealkylation sites (N-methyl/N-ethyl adjacent to an activating group) is 1. The quantitative estimate of drug-likeness (QED) is 0.762. The number of hydrogen-bond acceptors (Lipinski definition) is 6. The maximum absolute atomic E-state index is 5.10. The third kappa shape index (κ3) is 4.07. The highest BCUT2D eigenvalue weighted by molar-refractivity contribution is 4.82. The van der Waals surface area contributed by atoms with Crippen molar-refractivity contribution >= 4 is 0 Å². The van der Waals surface area contributed by atoms with Gasteiger partial charge in [0.15, 0.2) is 5.82 Å². The van der Waals surface area contributed by atoms with Gasteiger partial charge in [-0.05, 0) is 14.0 Å². The molecule has 0 unspecified atom stereocenters. The van der Waals surface area contributed by atoms with Gasteiger partial charge in [0.05, 0.1) is 6.54 Å². The second-order valence-corrected chi connectivity index (χ2v) is 4.56. The van der Waals surface area contributed by atoms with Crippen LogP contribution in [0.4, 0.5) is 0 Å². The number of piperazine rings is 1. The van der Waals surface area contributed by atoms with Gasteiger partial charge in [0.1, 0.15) is 0 Å². The van der Waals surface area contributed by atoms with Gasteiger partial charge in [-0.1, -0.05) is 5.16 Å². The Bertz CT molecular complexity index is 334. The third-order valence-electron chi connectivity index (χ3n) is 2.98. The number of rotatable bonds is 5. The number of aromatic nitrogens is 2. The molecule has 0 radical (unpaired) electrons. The van der Waals surface area contributed by atoms with Crippen LogP contribution < -0.4 is 5.32 Å². The van der Waals surface area contributed by atoms with Gasteiger partial charge in [-0.2, -0.15) is 4.98 Å². The molecule has 0 aromatic carbocycles. The fourth-order valence-electron chi connectivity index (χ4n) is 1.96. The minimum absolute atomic E-state index is 0.699. The molecule has 1 aromatic heterocycles. The molecule has 6 nitrogen and oxygen atoms in total. The Morgan fingerprint density at radius 1 is 1.41 bits per heavy atom. The molecule has 0 spiro atoms. The van der Waals surface area contributed by atoms with E-state index in [4.69, 9.17) is 4.52 Å². The van der Waals surface area contributed by atoms with Crippen molar-refractivity contribution in [2.24, 2.45) is 0 Å². The highest BCUT2D eigenvalue weighted by Gasteiger charge is 2.11. The maximum Gasteiger partial charge on any atom is 0.240 e. The van der Waals surface area contributed by atoms with Crippen LogP contribution in [0.3, 0.4) is 0 Å². The van der Waals surface area contributed by atoms with Gasteiger partial charge < -0.3 is 9.84 Å². The molecule has 1 saturated heterocycles. The molecule has 1 N–H and O–H groups in total. The fourth-order valence-corrected chi connectivity index (χ4v) is 1.96. The topological polar surface area (TPSA) is 57.4 Å². The molecule has 1 aliphatic heterocycles. The first kappa shape index (κ1) is 12.5. The SMILES string of the molecule is Cc1noc(CN(C)CCN2CCNCC2)n1. The van der Waals surface area contributed by atoms with Crippen molar-refractivity contribution in [2.75, 3.05) is 46.3 Å². The van der Waals surface area contributed by atoms with Crippen molar-refractivity contribution in [2.45, 2.75) is 13.5 Å². The Kier molecular flexibility index (Phi) is 4.47. The van der Waals surface area contributed by atoms with E-state index >= 15 is 0 Å². The molecule has 1 aromatic rings. The molecule has 1 aliphatic rings. The van der Waals surface area contributed by atoms with E-state index in [0.717, 1.165) is 45.8 Å². The Morgan fingerprint density at radius 3 is 2.82 bits per heavy atom. The molecule has 0 atom stereocenters. The van der Waals surface area contributed by atoms with Crippen molar-refractivity contribution in [3.05, 3.63) is 11.7 Å². The van der Waals surface area contributed by atoms with E-state index in [9.17, 15) is 0 Å². The lowest BCUT2D eigenvalue weighted by Crippen LogP contribution is -2.45. The molecular formula is C11H21N5O. The van der Waals surface area contributed by atoms with Crippen LogP contribution in [0.25, 0.3) is 0 Å². The summed E-state index contributed by atoms with van der Waals surface area (Å²) in [7, 11) is 2.09. The van der Waals surface area contributed by atoms with Crippen LogP contribution in [-0.4, -0.2) is 66.3 Å². The van der Waals surface area contributed by atoms with Crippen LogP contribution in [-0.2, 0) is 6.54 Å². The number of aryl methyl sites for hydroxylation is 1. The van der Waals surface area contributed by atoms with Crippen molar-refractivity contribution in [3.63, 3.8) is 0 Å². The zero-order valence-corrected chi connectivity index (χ0v) is 10.6. The van der Waals surface area contributed by atoms with E-state index in [1.807, 2.05) is 6.92 Å². The minimum Gasteiger partial charge on any atom is -0.338 e. The van der Waals surface area contributed by atoms with Crippen LogP contribution >= 0.6 is 0 Å². The lowest BCUT2D eigenvalue weighted by Gasteiger charge is -2.28. The minimum atomic E-state index is 0.699. The molecule has 1 fully saturated rings. The Morgan fingerprint density at radius 2 is 2.18 bits per heavy atom. The average Bonchev–Trinajstić information content (AvgIpc) is 2.73. The first-order chi connectivity index (χ1) is 8.24. The summed E-state index contributed by atoms with van der Waals surface area (Å²) < 4.78 is 5.10. The van der Waals surface area contributed by atoms with Gasteiger partial charge in [0.25, 0.3) is 0 Å². The van der Waals surface area contributed by atoms with E-state index in [0.29, 0.717) is 11.7 Å². The largest absolute Gasteiger partial charge is 0.338 e. The van der Waals surface area contributed by atoms with Crippen molar-refractivity contribution in [1.82, 2.24) is 25.3 Å². The second-order valence-electron chi connectivity index (χ2n) is 4.56. The molecule has 6 heteroatoms. The smallest absolute Gasteiger partial charge is 0.240 e. The summed E-state index contributed by atoms with van der Waals surface area (Å²) >= 11 is 0. The molecule has 17 heavy (non-hydrogen) atoms. The summed E-state index contributed by atoms with van der Waals surface area (Å²) in [6.07, 6.45) is 0. The molecule has 0 aliphatic carbocycles. The summed E-state index contributed by atoms with van der Waals surface area (Å²) in [5.74, 6) is 1.40. The van der Waals surface area contributed by atoms with Gasteiger partial charge in [-0.3, -0.25) is 9.80 Å². The predicted molar refractivity (Wildman–Crippen MR) is 64.7 cm³/mol. The molecule has 0 saturated carbocycles. The summed E-state index contributed by atoms with van der Waals surface area (Å²) in [4.78, 5) is 8.90. The van der Waals surface area contributed by atoms with Crippen LogP contribution in [0.5, 0.6) is 0 Å². The van der Waals surface area contributed by atoms with Crippen LogP contribution in [0.15, 0.2) is 4.52 Å². The Balaban J connectivity index is 1.68. The Hall–Kier alpha value is -0.980. The van der Waals surface area contributed by atoms with Gasteiger partial charge >= 0.3 is 0 Å². The monoisotopic (exact) mass is 239 g/mol. The molecule has 0 bridgehead atoms. The number of nitrogens with zero attached hydrogens (tertiary/aromatic N) is 4. The highest BCUT2D eigenvalue weighted by atomic mass is 16.5. The molecular weight excluding hydrogens is 218 g/mol. The van der Waals surface area contributed by atoms with Crippen molar-refractivity contribution in [3.8, 4) is 0 Å². The van der Waals surface area contributed by atoms with Gasteiger partial charge in [0, 0.05) is 39.3 Å².